The molecule has 0 saturated carbocycles. The van der Waals surface area contributed by atoms with Gasteiger partial charge in [0.15, 0.2) is 5.82 Å². The number of likely N-dealkylation sites (tertiary alicyclic amines) is 1. The van der Waals surface area contributed by atoms with Crippen molar-refractivity contribution in [1.29, 1.82) is 0 Å². The Kier molecular flexibility index (Phi) is 4.11. The molecule has 3 aromatic rings. The van der Waals surface area contributed by atoms with Crippen molar-refractivity contribution < 1.29 is 4.79 Å². The summed E-state index contributed by atoms with van der Waals surface area (Å²) in [4.78, 5) is 25.9. The largest absolute Gasteiger partial charge is 0.361 e. The van der Waals surface area contributed by atoms with Crippen molar-refractivity contribution in [2.24, 2.45) is 0 Å². The number of aromatic nitrogens is 3. The quantitative estimate of drug-likeness (QED) is 0.730. The Morgan fingerprint density at radius 3 is 2.81 bits per heavy atom. The van der Waals surface area contributed by atoms with Crippen LogP contribution in [-0.2, 0) is 0 Å². The standard InChI is InChI=1S/C20H23N5O/c1-14-6-4-7-16(21-14)20(26)25-11-9-15(12-25)17-13-24-10-5-8-18(24)19(22-17)23(2)3/h4-8,10,13,15H,9,11-12H2,1-3H3/t15-/m1/s1. The maximum absolute atomic E-state index is 12.8. The second kappa shape index (κ2) is 6.44. The van der Waals surface area contributed by atoms with Gasteiger partial charge in [0.2, 0.25) is 0 Å². The van der Waals surface area contributed by atoms with Crippen molar-refractivity contribution >= 4 is 17.2 Å². The Bertz CT molecular complexity index is 962. The predicted octanol–water partition coefficient (Wildman–Crippen LogP) is 2.73. The van der Waals surface area contributed by atoms with Gasteiger partial charge in [-0.2, -0.15) is 0 Å². The molecule has 0 radical (unpaired) electrons. The maximum Gasteiger partial charge on any atom is 0.272 e. The van der Waals surface area contributed by atoms with E-state index in [0.717, 1.165) is 35.7 Å². The molecule has 0 spiro atoms. The number of carbonyl (C=O) groups is 1. The number of aryl methyl sites for hydroxylation is 1. The number of anilines is 1. The molecule has 6 heteroatoms. The lowest BCUT2D eigenvalue weighted by Gasteiger charge is -2.19. The van der Waals surface area contributed by atoms with Gasteiger partial charge in [-0.15, -0.1) is 0 Å². The van der Waals surface area contributed by atoms with E-state index in [1.807, 2.05) is 55.2 Å². The van der Waals surface area contributed by atoms with Crippen LogP contribution in [0.5, 0.6) is 0 Å². The zero-order valence-corrected chi connectivity index (χ0v) is 15.4. The van der Waals surface area contributed by atoms with Crippen LogP contribution >= 0.6 is 0 Å². The Morgan fingerprint density at radius 1 is 1.19 bits per heavy atom. The first-order valence-corrected chi connectivity index (χ1v) is 8.91. The Labute approximate surface area is 153 Å². The van der Waals surface area contributed by atoms with Gasteiger partial charge in [-0.3, -0.25) is 4.79 Å². The molecule has 26 heavy (non-hydrogen) atoms. The smallest absolute Gasteiger partial charge is 0.272 e. The second-order valence-corrected chi connectivity index (χ2v) is 7.09. The molecular weight excluding hydrogens is 326 g/mol. The molecule has 3 aromatic heterocycles. The zero-order valence-electron chi connectivity index (χ0n) is 15.4. The molecule has 1 saturated heterocycles. The van der Waals surface area contributed by atoms with E-state index in [4.69, 9.17) is 4.98 Å². The van der Waals surface area contributed by atoms with Crippen molar-refractivity contribution in [2.75, 3.05) is 32.1 Å². The van der Waals surface area contributed by atoms with E-state index in [1.165, 1.54) is 0 Å². The minimum Gasteiger partial charge on any atom is -0.361 e. The highest BCUT2D eigenvalue weighted by atomic mass is 16.2. The third-order valence-electron chi connectivity index (χ3n) is 4.94. The van der Waals surface area contributed by atoms with Crippen molar-refractivity contribution in [3.63, 3.8) is 0 Å². The molecule has 0 unspecified atom stereocenters. The molecule has 0 aromatic carbocycles. The summed E-state index contributed by atoms with van der Waals surface area (Å²) >= 11 is 0. The van der Waals surface area contributed by atoms with Crippen LogP contribution in [-0.4, -0.2) is 52.4 Å². The summed E-state index contributed by atoms with van der Waals surface area (Å²) in [6.07, 6.45) is 5.05. The fraction of sp³-hybridized carbons (Fsp3) is 0.350. The molecule has 0 N–H and O–H groups in total. The van der Waals surface area contributed by atoms with Crippen molar-refractivity contribution in [3.8, 4) is 0 Å². The summed E-state index contributed by atoms with van der Waals surface area (Å²) in [7, 11) is 4.01. The molecule has 0 bridgehead atoms. The lowest BCUT2D eigenvalue weighted by molar-refractivity contribution is 0.0784. The Balaban J connectivity index is 1.59. The van der Waals surface area contributed by atoms with Crippen LogP contribution < -0.4 is 4.90 Å². The molecule has 1 fully saturated rings. The van der Waals surface area contributed by atoms with E-state index in [-0.39, 0.29) is 11.8 Å². The highest BCUT2D eigenvalue weighted by Crippen LogP contribution is 2.29. The maximum atomic E-state index is 12.8. The fourth-order valence-electron chi connectivity index (χ4n) is 3.58. The lowest BCUT2D eigenvalue weighted by atomic mass is 10.1. The average Bonchev–Trinajstić information content (AvgIpc) is 3.29. The first kappa shape index (κ1) is 16.6. The number of amides is 1. The number of hydrogen-bond acceptors (Lipinski definition) is 4. The number of pyridine rings is 1. The second-order valence-electron chi connectivity index (χ2n) is 7.09. The molecule has 1 amide bonds. The van der Waals surface area contributed by atoms with Crippen LogP contribution in [0.4, 0.5) is 5.82 Å². The van der Waals surface area contributed by atoms with Gasteiger partial charge in [0.25, 0.3) is 5.91 Å². The van der Waals surface area contributed by atoms with E-state index < -0.39 is 0 Å². The van der Waals surface area contributed by atoms with Crippen LogP contribution in [0.25, 0.3) is 5.52 Å². The number of hydrogen-bond donors (Lipinski definition) is 0. The van der Waals surface area contributed by atoms with Crippen LogP contribution in [0.2, 0.25) is 0 Å². The van der Waals surface area contributed by atoms with Crippen LogP contribution in [0, 0.1) is 6.92 Å². The third-order valence-corrected chi connectivity index (χ3v) is 4.94. The molecule has 4 heterocycles. The lowest BCUT2D eigenvalue weighted by Crippen LogP contribution is -2.29. The topological polar surface area (TPSA) is 53.7 Å². The van der Waals surface area contributed by atoms with Gasteiger partial charge >= 0.3 is 0 Å². The van der Waals surface area contributed by atoms with Gasteiger partial charge in [0, 0.05) is 51.2 Å². The van der Waals surface area contributed by atoms with Gasteiger partial charge in [-0.05, 0) is 37.6 Å². The average molecular weight is 349 g/mol. The normalized spacial score (nSPS) is 17.0. The molecule has 134 valence electrons. The Hall–Kier alpha value is -2.89. The van der Waals surface area contributed by atoms with Gasteiger partial charge in [-0.25, -0.2) is 9.97 Å². The fourth-order valence-corrected chi connectivity index (χ4v) is 3.58. The molecule has 1 aliphatic heterocycles. The molecule has 6 nitrogen and oxygen atoms in total. The zero-order chi connectivity index (χ0) is 18.3. The van der Waals surface area contributed by atoms with Crippen LogP contribution in [0.1, 0.15) is 34.2 Å². The van der Waals surface area contributed by atoms with Crippen molar-refractivity contribution in [1.82, 2.24) is 19.3 Å². The third kappa shape index (κ3) is 2.92. The number of carbonyl (C=O) groups excluding carboxylic acids is 1. The molecule has 0 aliphatic carbocycles. The summed E-state index contributed by atoms with van der Waals surface area (Å²) in [5.41, 5.74) is 3.51. The summed E-state index contributed by atoms with van der Waals surface area (Å²) in [6.45, 7) is 3.32. The van der Waals surface area contributed by atoms with Crippen molar-refractivity contribution in [3.05, 3.63) is 59.8 Å². The molecule has 1 aliphatic rings. The minimum absolute atomic E-state index is 0.00563. The van der Waals surface area contributed by atoms with Gasteiger partial charge in [0.1, 0.15) is 5.69 Å². The first-order valence-electron chi connectivity index (χ1n) is 8.91. The van der Waals surface area contributed by atoms with E-state index in [9.17, 15) is 4.79 Å². The summed E-state index contributed by atoms with van der Waals surface area (Å²) < 4.78 is 2.12. The number of nitrogens with zero attached hydrogens (tertiary/aromatic N) is 5. The molecule has 4 rings (SSSR count). The van der Waals surface area contributed by atoms with Gasteiger partial charge in [-0.1, -0.05) is 6.07 Å². The summed E-state index contributed by atoms with van der Waals surface area (Å²) in [6, 6.07) is 9.68. The van der Waals surface area contributed by atoms with Crippen LogP contribution in [0.15, 0.2) is 42.7 Å². The minimum atomic E-state index is 0.00563. The van der Waals surface area contributed by atoms with Gasteiger partial charge < -0.3 is 14.2 Å². The molecular formula is C20H23N5O. The monoisotopic (exact) mass is 349 g/mol. The van der Waals surface area contributed by atoms with E-state index >= 15 is 0 Å². The highest BCUT2D eigenvalue weighted by molar-refractivity contribution is 5.92. The van der Waals surface area contributed by atoms with Gasteiger partial charge in [0.05, 0.1) is 11.2 Å². The SMILES string of the molecule is Cc1cccc(C(=O)N2CC[C@@H](c3cn4cccc4c(N(C)C)n3)C2)n1. The van der Waals surface area contributed by atoms with Crippen LogP contribution in [0.3, 0.4) is 0 Å². The predicted molar refractivity (Wildman–Crippen MR) is 102 cm³/mol. The summed E-state index contributed by atoms with van der Waals surface area (Å²) in [5.74, 6) is 1.21. The number of fused-ring (bicyclic) bond motifs is 1. The number of rotatable bonds is 3. The van der Waals surface area contributed by atoms with E-state index in [2.05, 4.69) is 21.6 Å². The van der Waals surface area contributed by atoms with E-state index in [0.29, 0.717) is 12.2 Å². The highest BCUT2D eigenvalue weighted by Gasteiger charge is 2.30. The van der Waals surface area contributed by atoms with Crippen molar-refractivity contribution in [2.45, 2.75) is 19.3 Å². The van der Waals surface area contributed by atoms with E-state index in [1.54, 1.807) is 6.07 Å². The summed E-state index contributed by atoms with van der Waals surface area (Å²) in [5, 5.41) is 0. The molecule has 1 atom stereocenters. The Morgan fingerprint density at radius 2 is 2.04 bits per heavy atom. The first-order chi connectivity index (χ1) is 12.5.